The monoisotopic (exact) mass is 330 g/mol. The largest absolute Gasteiger partial charge is 0.390 e. The number of rotatable bonds is 2. The van der Waals surface area contributed by atoms with Crippen molar-refractivity contribution in [1.29, 1.82) is 0 Å². The predicted molar refractivity (Wildman–Crippen MR) is 83.7 cm³/mol. The van der Waals surface area contributed by atoms with Crippen LogP contribution in [0.4, 0.5) is 0 Å². The molecule has 0 aliphatic heterocycles. The number of nitrogens with zero attached hydrogens (tertiary/aromatic N) is 2. The Morgan fingerprint density at radius 1 is 1.15 bits per heavy atom. The standard InChI is InChI=1S/C16H15BrN2O/c1-10-3-5-12(6-4-10)15-14(9-20)19-8-11(2)7-13(17)16(19)18-15/h3-8,20H,9H2,1-2H3. The Morgan fingerprint density at radius 2 is 1.85 bits per heavy atom. The van der Waals surface area contributed by atoms with E-state index >= 15 is 0 Å². The number of aryl methyl sites for hydroxylation is 2. The van der Waals surface area contributed by atoms with Gasteiger partial charge in [0.15, 0.2) is 5.65 Å². The van der Waals surface area contributed by atoms with Crippen molar-refractivity contribution in [2.45, 2.75) is 20.5 Å². The van der Waals surface area contributed by atoms with Gasteiger partial charge in [0.2, 0.25) is 0 Å². The number of aliphatic hydroxyl groups is 1. The predicted octanol–water partition coefficient (Wildman–Crippen LogP) is 3.87. The second-order valence-electron chi connectivity index (χ2n) is 4.99. The maximum Gasteiger partial charge on any atom is 0.152 e. The third-order valence-electron chi connectivity index (χ3n) is 3.39. The van der Waals surface area contributed by atoms with Gasteiger partial charge in [-0.2, -0.15) is 0 Å². The molecule has 3 aromatic rings. The smallest absolute Gasteiger partial charge is 0.152 e. The molecule has 0 aliphatic carbocycles. The van der Waals surface area contributed by atoms with Gasteiger partial charge >= 0.3 is 0 Å². The van der Waals surface area contributed by atoms with Crippen LogP contribution in [0.5, 0.6) is 0 Å². The van der Waals surface area contributed by atoms with E-state index in [-0.39, 0.29) is 6.61 Å². The molecule has 0 aliphatic rings. The SMILES string of the molecule is Cc1ccc(-c2nc3c(Br)cc(C)cn3c2CO)cc1. The molecule has 0 unspecified atom stereocenters. The summed E-state index contributed by atoms with van der Waals surface area (Å²) in [7, 11) is 0. The van der Waals surface area contributed by atoms with Crippen molar-refractivity contribution < 1.29 is 5.11 Å². The van der Waals surface area contributed by atoms with E-state index in [1.165, 1.54) is 5.56 Å². The van der Waals surface area contributed by atoms with Crippen LogP contribution in [0.2, 0.25) is 0 Å². The highest BCUT2D eigenvalue weighted by atomic mass is 79.9. The fourth-order valence-electron chi connectivity index (χ4n) is 2.37. The van der Waals surface area contributed by atoms with Gasteiger partial charge < -0.3 is 5.11 Å². The summed E-state index contributed by atoms with van der Waals surface area (Å²) < 4.78 is 2.89. The van der Waals surface area contributed by atoms with Crippen LogP contribution >= 0.6 is 15.9 Å². The van der Waals surface area contributed by atoms with E-state index in [1.807, 2.05) is 35.7 Å². The highest BCUT2D eigenvalue weighted by molar-refractivity contribution is 9.10. The van der Waals surface area contributed by atoms with Crippen molar-refractivity contribution in [3.63, 3.8) is 0 Å². The van der Waals surface area contributed by atoms with Crippen LogP contribution in [0.25, 0.3) is 16.9 Å². The Hall–Kier alpha value is -1.65. The van der Waals surface area contributed by atoms with Gasteiger partial charge in [0.05, 0.1) is 22.5 Å². The Bertz CT molecular complexity index is 775. The Kier molecular flexibility index (Phi) is 3.36. The molecule has 2 aromatic heterocycles. The first-order chi connectivity index (χ1) is 9.60. The summed E-state index contributed by atoms with van der Waals surface area (Å²) in [5.41, 5.74) is 5.82. The fourth-order valence-corrected chi connectivity index (χ4v) is 3.01. The van der Waals surface area contributed by atoms with Crippen LogP contribution < -0.4 is 0 Å². The zero-order valence-corrected chi connectivity index (χ0v) is 13.0. The molecule has 0 saturated heterocycles. The maximum atomic E-state index is 9.73. The van der Waals surface area contributed by atoms with Crippen molar-refractivity contribution in [3.8, 4) is 11.3 Å². The normalized spacial score (nSPS) is 11.2. The number of pyridine rings is 1. The molecule has 1 aromatic carbocycles. The number of hydrogen-bond acceptors (Lipinski definition) is 2. The quantitative estimate of drug-likeness (QED) is 0.774. The van der Waals surface area contributed by atoms with Crippen molar-refractivity contribution in [1.82, 2.24) is 9.38 Å². The molecular weight excluding hydrogens is 316 g/mol. The van der Waals surface area contributed by atoms with Crippen LogP contribution in [0.3, 0.4) is 0 Å². The summed E-state index contributed by atoms with van der Waals surface area (Å²) in [5.74, 6) is 0. The Labute approximate surface area is 126 Å². The second-order valence-corrected chi connectivity index (χ2v) is 5.84. The molecule has 0 atom stereocenters. The molecule has 1 N–H and O–H groups in total. The third-order valence-corrected chi connectivity index (χ3v) is 3.97. The number of imidazole rings is 1. The van der Waals surface area contributed by atoms with Crippen molar-refractivity contribution in [2.24, 2.45) is 0 Å². The Balaban J connectivity index is 2.30. The average molecular weight is 331 g/mol. The zero-order chi connectivity index (χ0) is 14.3. The molecule has 0 saturated carbocycles. The summed E-state index contributed by atoms with van der Waals surface area (Å²) in [6, 6.07) is 10.2. The molecule has 0 fully saturated rings. The first kappa shape index (κ1) is 13.3. The second kappa shape index (κ2) is 5.04. The highest BCUT2D eigenvalue weighted by Gasteiger charge is 2.15. The van der Waals surface area contributed by atoms with Crippen LogP contribution in [-0.2, 0) is 6.61 Å². The summed E-state index contributed by atoms with van der Waals surface area (Å²) in [5, 5.41) is 9.73. The van der Waals surface area contributed by atoms with E-state index in [0.717, 1.165) is 32.6 Å². The number of aromatic nitrogens is 2. The van der Waals surface area contributed by atoms with Crippen molar-refractivity contribution in [2.75, 3.05) is 0 Å². The minimum absolute atomic E-state index is 0.0414. The van der Waals surface area contributed by atoms with Crippen molar-refractivity contribution in [3.05, 3.63) is 57.8 Å². The van der Waals surface area contributed by atoms with Gasteiger partial charge in [-0.15, -0.1) is 0 Å². The number of aliphatic hydroxyl groups excluding tert-OH is 1. The van der Waals surface area contributed by atoms with Crippen molar-refractivity contribution >= 4 is 21.6 Å². The van der Waals surface area contributed by atoms with Crippen LogP contribution in [0, 0.1) is 13.8 Å². The minimum Gasteiger partial charge on any atom is -0.390 e. The van der Waals surface area contributed by atoms with E-state index in [9.17, 15) is 5.11 Å². The molecule has 3 nitrogen and oxygen atoms in total. The summed E-state index contributed by atoms with van der Waals surface area (Å²) in [6.45, 7) is 4.04. The number of halogens is 1. The molecule has 102 valence electrons. The highest BCUT2D eigenvalue weighted by Crippen LogP contribution is 2.28. The summed E-state index contributed by atoms with van der Waals surface area (Å²) in [4.78, 5) is 4.68. The lowest BCUT2D eigenvalue weighted by Gasteiger charge is -2.03. The maximum absolute atomic E-state index is 9.73. The lowest BCUT2D eigenvalue weighted by molar-refractivity contribution is 0.276. The van der Waals surface area contributed by atoms with Gasteiger partial charge in [-0.05, 0) is 41.4 Å². The van der Waals surface area contributed by atoms with Crippen LogP contribution in [-0.4, -0.2) is 14.5 Å². The number of hydrogen-bond donors (Lipinski definition) is 1. The van der Waals surface area contributed by atoms with E-state index in [1.54, 1.807) is 0 Å². The van der Waals surface area contributed by atoms with Gasteiger partial charge in [-0.1, -0.05) is 29.8 Å². The van der Waals surface area contributed by atoms with Gasteiger partial charge in [0, 0.05) is 11.8 Å². The van der Waals surface area contributed by atoms with E-state index in [4.69, 9.17) is 0 Å². The molecule has 2 heterocycles. The molecule has 3 rings (SSSR count). The number of fused-ring (bicyclic) bond motifs is 1. The van der Waals surface area contributed by atoms with Gasteiger partial charge in [-0.25, -0.2) is 4.98 Å². The zero-order valence-electron chi connectivity index (χ0n) is 11.4. The average Bonchev–Trinajstić information content (AvgIpc) is 2.78. The molecule has 0 spiro atoms. The minimum atomic E-state index is -0.0414. The molecule has 0 amide bonds. The van der Waals surface area contributed by atoms with E-state index in [0.29, 0.717) is 0 Å². The van der Waals surface area contributed by atoms with Gasteiger partial charge in [0.25, 0.3) is 0 Å². The topological polar surface area (TPSA) is 37.5 Å². The summed E-state index contributed by atoms with van der Waals surface area (Å²) in [6.07, 6.45) is 2.00. The lowest BCUT2D eigenvalue weighted by atomic mass is 10.1. The van der Waals surface area contributed by atoms with Gasteiger partial charge in [0.1, 0.15) is 0 Å². The van der Waals surface area contributed by atoms with Gasteiger partial charge in [-0.3, -0.25) is 4.40 Å². The lowest BCUT2D eigenvalue weighted by Crippen LogP contribution is -1.95. The van der Waals surface area contributed by atoms with Crippen LogP contribution in [0.15, 0.2) is 41.0 Å². The first-order valence-electron chi connectivity index (χ1n) is 6.45. The van der Waals surface area contributed by atoms with E-state index < -0.39 is 0 Å². The van der Waals surface area contributed by atoms with Crippen LogP contribution in [0.1, 0.15) is 16.8 Å². The molecular formula is C16H15BrN2O. The summed E-state index contributed by atoms with van der Waals surface area (Å²) >= 11 is 3.54. The first-order valence-corrected chi connectivity index (χ1v) is 7.24. The molecule has 4 heteroatoms. The fraction of sp³-hybridized carbons (Fsp3) is 0.188. The Morgan fingerprint density at radius 3 is 2.50 bits per heavy atom. The number of benzene rings is 1. The molecule has 0 radical (unpaired) electrons. The third kappa shape index (κ3) is 2.15. The van der Waals surface area contributed by atoms with E-state index in [2.05, 4.69) is 40.0 Å². The molecule has 20 heavy (non-hydrogen) atoms. The molecule has 0 bridgehead atoms.